The van der Waals surface area contributed by atoms with Crippen LogP contribution < -0.4 is 14.8 Å². The third-order valence-electron chi connectivity index (χ3n) is 4.77. The summed E-state index contributed by atoms with van der Waals surface area (Å²) in [5.74, 6) is 1.71. The molecule has 2 aliphatic rings. The molecule has 1 aliphatic heterocycles. The maximum absolute atomic E-state index is 12.3. The van der Waals surface area contributed by atoms with Crippen molar-refractivity contribution in [1.82, 2.24) is 10.2 Å². The van der Waals surface area contributed by atoms with Crippen LogP contribution in [0.5, 0.6) is 11.5 Å². The van der Waals surface area contributed by atoms with Crippen molar-refractivity contribution in [2.75, 3.05) is 20.4 Å². The number of hydrogen-bond donors (Lipinski definition) is 1. The lowest BCUT2D eigenvalue weighted by Crippen LogP contribution is -2.41. The summed E-state index contributed by atoms with van der Waals surface area (Å²) in [5, 5.41) is 3.22. The first-order valence-corrected chi connectivity index (χ1v) is 9.07. The first-order valence-electron chi connectivity index (χ1n) is 9.07. The van der Waals surface area contributed by atoms with Crippen LogP contribution in [0.25, 0.3) is 0 Å². The van der Waals surface area contributed by atoms with Crippen molar-refractivity contribution in [2.45, 2.75) is 57.5 Å². The number of nitrogens with one attached hydrogen (secondary N) is 1. The molecule has 0 bridgehead atoms. The maximum atomic E-state index is 12.3. The van der Waals surface area contributed by atoms with Crippen LogP contribution in [-0.2, 0) is 11.3 Å². The number of nitrogens with zero attached hydrogens (tertiary/aromatic N) is 1. The van der Waals surface area contributed by atoms with E-state index in [2.05, 4.69) is 5.32 Å². The molecule has 0 spiro atoms. The van der Waals surface area contributed by atoms with E-state index in [-0.39, 0.29) is 5.91 Å². The molecule has 0 aromatic heterocycles. The normalized spacial score (nSPS) is 18.2. The van der Waals surface area contributed by atoms with E-state index < -0.39 is 0 Å². The summed E-state index contributed by atoms with van der Waals surface area (Å²) >= 11 is 0. The first kappa shape index (κ1) is 17.1. The zero-order valence-electron chi connectivity index (χ0n) is 14.6. The number of hydrogen-bond acceptors (Lipinski definition) is 4. The molecule has 1 amide bonds. The van der Waals surface area contributed by atoms with Crippen LogP contribution in [0.1, 0.15) is 50.5 Å². The zero-order valence-corrected chi connectivity index (χ0v) is 14.6. The average Bonchev–Trinajstić information content (AvgIpc) is 2.97. The Morgan fingerprint density at radius 1 is 1.12 bits per heavy atom. The van der Waals surface area contributed by atoms with Crippen LogP contribution in [0.2, 0.25) is 0 Å². The molecule has 0 saturated heterocycles. The Bertz CT molecular complexity index is 554. The smallest absolute Gasteiger partial charge is 0.234 e. The number of carbonyl (C=O) groups is 1. The van der Waals surface area contributed by atoms with E-state index in [1.165, 1.54) is 32.1 Å². The summed E-state index contributed by atoms with van der Waals surface area (Å²) in [6.07, 6.45) is 8.66. The third-order valence-corrected chi connectivity index (χ3v) is 4.77. The molecule has 3 rings (SSSR count). The Hall–Kier alpha value is -1.75. The second-order valence-corrected chi connectivity index (χ2v) is 6.97. The van der Waals surface area contributed by atoms with E-state index >= 15 is 0 Å². The fraction of sp³-hybridized carbons (Fsp3) is 0.632. The molecule has 1 saturated carbocycles. The molecule has 5 heteroatoms. The van der Waals surface area contributed by atoms with Gasteiger partial charge < -0.3 is 14.8 Å². The SMILES string of the molecule is CN(CC(=O)NC1CCCCCCC1)Cc1ccc2c(c1)OCO2. The van der Waals surface area contributed by atoms with E-state index in [1.54, 1.807) is 0 Å². The van der Waals surface area contributed by atoms with Crippen molar-refractivity contribution in [1.29, 1.82) is 0 Å². The van der Waals surface area contributed by atoms with Gasteiger partial charge in [0.25, 0.3) is 0 Å². The highest BCUT2D eigenvalue weighted by Crippen LogP contribution is 2.32. The summed E-state index contributed by atoms with van der Waals surface area (Å²) in [6.45, 7) is 1.43. The largest absolute Gasteiger partial charge is 0.454 e. The minimum atomic E-state index is 0.129. The van der Waals surface area contributed by atoms with Gasteiger partial charge in [-0.05, 0) is 37.6 Å². The summed E-state index contributed by atoms with van der Waals surface area (Å²) in [7, 11) is 1.97. The second-order valence-electron chi connectivity index (χ2n) is 6.97. The van der Waals surface area contributed by atoms with Gasteiger partial charge in [-0.15, -0.1) is 0 Å². The Balaban J connectivity index is 1.45. The standard InChI is InChI=1S/C19H28N2O3/c1-21(12-15-9-10-17-18(11-15)24-14-23-17)13-19(22)20-16-7-5-3-2-4-6-8-16/h9-11,16H,2-8,12-14H2,1H3,(H,20,22). The first-order chi connectivity index (χ1) is 11.7. The molecule has 0 radical (unpaired) electrons. The van der Waals surface area contributed by atoms with Gasteiger partial charge in [-0.1, -0.05) is 38.2 Å². The predicted molar refractivity (Wildman–Crippen MR) is 93.1 cm³/mol. The Kier molecular flexibility index (Phi) is 5.96. The summed E-state index contributed by atoms with van der Waals surface area (Å²) in [5.41, 5.74) is 1.13. The number of likely N-dealkylation sites (N-methyl/N-ethyl adjacent to an activating group) is 1. The predicted octanol–water partition coefficient (Wildman–Crippen LogP) is 3.08. The number of fused-ring (bicyclic) bond motifs is 1. The van der Waals surface area contributed by atoms with Gasteiger partial charge in [0.1, 0.15) is 0 Å². The molecular weight excluding hydrogens is 304 g/mol. The van der Waals surface area contributed by atoms with Gasteiger partial charge in [-0.2, -0.15) is 0 Å². The highest BCUT2D eigenvalue weighted by atomic mass is 16.7. The summed E-state index contributed by atoms with van der Waals surface area (Å²) < 4.78 is 10.7. The number of amides is 1. The van der Waals surface area contributed by atoms with Gasteiger partial charge in [-0.25, -0.2) is 0 Å². The van der Waals surface area contributed by atoms with E-state index in [4.69, 9.17) is 9.47 Å². The molecule has 1 fully saturated rings. The van der Waals surface area contributed by atoms with Gasteiger partial charge in [0.05, 0.1) is 6.54 Å². The van der Waals surface area contributed by atoms with Crippen LogP contribution in [0.3, 0.4) is 0 Å². The van der Waals surface area contributed by atoms with Crippen molar-refractivity contribution < 1.29 is 14.3 Å². The highest BCUT2D eigenvalue weighted by molar-refractivity contribution is 5.78. The zero-order chi connectivity index (χ0) is 16.8. The Morgan fingerprint density at radius 3 is 2.62 bits per heavy atom. The van der Waals surface area contributed by atoms with E-state index in [1.807, 2.05) is 30.1 Å². The Morgan fingerprint density at radius 2 is 1.83 bits per heavy atom. The van der Waals surface area contributed by atoms with E-state index in [0.29, 0.717) is 25.9 Å². The van der Waals surface area contributed by atoms with Gasteiger partial charge in [0.2, 0.25) is 12.7 Å². The molecule has 5 nitrogen and oxygen atoms in total. The van der Waals surface area contributed by atoms with E-state index in [9.17, 15) is 4.79 Å². The average molecular weight is 332 g/mol. The van der Waals surface area contributed by atoms with Crippen molar-refractivity contribution in [3.05, 3.63) is 23.8 Å². The topological polar surface area (TPSA) is 50.8 Å². The molecule has 1 aromatic carbocycles. The minimum Gasteiger partial charge on any atom is -0.454 e. The second kappa shape index (κ2) is 8.38. The summed E-state index contributed by atoms with van der Waals surface area (Å²) in [4.78, 5) is 14.3. The van der Waals surface area contributed by atoms with Crippen molar-refractivity contribution in [3.8, 4) is 11.5 Å². The monoisotopic (exact) mass is 332 g/mol. The highest BCUT2D eigenvalue weighted by Gasteiger charge is 2.17. The Labute approximate surface area is 144 Å². The fourth-order valence-corrected chi connectivity index (χ4v) is 3.53. The van der Waals surface area contributed by atoms with Gasteiger partial charge in [0, 0.05) is 12.6 Å². The van der Waals surface area contributed by atoms with Crippen LogP contribution >= 0.6 is 0 Å². The number of ether oxygens (including phenoxy) is 2. The van der Waals surface area contributed by atoms with Crippen LogP contribution in [0.15, 0.2) is 18.2 Å². The lowest BCUT2D eigenvalue weighted by atomic mass is 9.97. The number of carbonyl (C=O) groups excluding carboxylic acids is 1. The van der Waals surface area contributed by atoms with Crippen molar-refractivity contribution in [3.63, 3.8) is 0 Å². The molecule has 1 N–H and O–H groups in total. The maximum Gasteiger partial charge on any atom is 0.234 e. The molecule has 0 atom stereocenters. The fourth-order valence-electron chi connectivity index (χ4n) is 3.53. The van der Waals surface area contributed by atoms with Crippen molar-refractivity contribution in [2.24, 2.45) is 0 Å². The quantitative estimate of drug-likeness (QED) is 0.900. The molecule has 1 heterocycles. The lowest BCUT2D eigenvalue weighted by Gasteiger charge is -2.23. The number of benzene rings is 1. The third kappa shape index (κ3) is 4.87. The van der Waals surface area contributed by atoms with E-state index in [0.717, 1.165) is 29.9 Å². The molecule has 132 valence electrons. The molecule has 24 heavy (non-hydrogen) atoms. The minimum absolute atomic E-state index is 0.129. The lowest BCUT2D eigenvalue weighted by molar-refractivity contribution is -0.122. The molecule has 1 aromatic rings. The van der Waals surface area contributed by atoms with Gasteiger partial charge in [0.15, 0.2) is 11.5 Å². The summed E-state index contributed by atoms with van der Waals surface area (Å²) in [6, 6.07) is 6.30. The van der Waals surface area contributed by atoms with Crippen LogP contribution in [0.4, 0.5) is 0 Å². The van der Waals surface area contributed by atoms with Crippen LogP contribution in [0, 0.1) is 0 Å². The number of rotatable bonds is 5. The molecular formula is C19H28N2O3. The molecule has 1 aliphatic carbocycles. The molecule has 0 unspecified atom stereocenters. The van der Waals surface area contributed by atoms with Gasteiger partial charge in [-0.3, -0.25) is 9.69 Å². The van der Waals surface area contributed by atoms with Gasteiger partial charge >= 0.3 is 0 Å². The van der Waals surface area contributed by atoms with Crippen LogP contribution in [-0.4, -0.2) is 37.2 Å². The van der Waals surface area contributed by atoms with Crippen molar-refractivity contribution >= 4 is 5.91 Å².